The van der Waals surface area contributed by atoms with Gasteiger partial charge in [-0.1, -0.05) is 64.5 Å². The van der Waals surface area contributed by atoms with Gasteiger partial charge in [0.1, 0.15) is 0 Å². The van der Waals surface area contributed by atoms with Gasteiger partial charge in [0, 0.05) is 10.0 Å². The number of carbonyl (C=O) groups is 1. The van der Waals surface area contributed by atoms with E-state index in [9.17, 15) is 9.59 Å². The molecular weight excluding hydrogens is 482 g/mol. The van der Waals surface area contributed by atoms with Crippen molar-refractivity contribution < 1.29 is 9.53 Å². The SMILES string of the molecule is O=C(Nc1nc2cc(Br)ccc2c(=O)n1CC1CCC(c2ccccc2)O1)c1ccccc1. The van der Waals surface area contributed by atoms with Gasteiger partial charge >= 0.3 is 0 Å². The minimum Gasteiger partial charge on any atom is -0.368 e. The highest BCUT2D eigenvalue weighted by molar-refractivity contribution is 9.10. The summed E-state index contributed by atoms with van der Waals surface area (Å²) in [5.74, 6) is -0.105. The molecule has 1 aliphatic rings. The summed E-state index contributed by atoms with van der Waals surface area (Å²) in [5, 5.41) is 3.33. The lowest BCUT2D eigenvalue weighted by Crippen LogP contribution is -2.31. The molecule has 2 unspecified atom stereocenters. The van der Waals surface area contributed by atoms with Crippen molar-refractivity contribution >= 4 is 38.7 Å². The summed E-state index contributed by atoms with van der Waals surface area (Å²) >= 11 is 3.43. The van der Waals surface area contributed by atoms with Gasteiger partial charge in [-0.3, -0.25) is 19.5 Å². The van der Waals surface area contributed by atoms with Gasteiger partial charge in [0.2, 0.25) is 5.95 Å². The molecule has 0 saturated carbocycles. The van der Waals surface area contributed by atoms with Gasteiger partial charge in [0.25, 0.3) is 11.5 Å². The molecule has 33 heavy (non-hydrogen) atoms. The monoisotopic (exact) mass is 503 g/mol. The Morgan fingerprint density at radius 2 is 1.76 bits per heavy atom. The second-order valence-electron chi connectivity index (χ2n) is 8.07. The highest BCUT2D eigenvalue weighted by atomic mass is 79.9. The molecule has 166 valence electrons. The predicted octanol–water partition coefficient (Wildman–Crippen LogP) is 5.33. The fraction of sp³-hybridized carbons (Fsp3) is 0.192. The largest absolute Gasteiger partial charge is 0.368 e. The third kappa shape index (κ3) is 4.60. The Labute approximate surface area is 199 Å². The van der Waals surface area contributed by atoms with E-state index in [1.165, 1.54) is 4.57 Å². The van der Waals surface area contributed by atoms with Crippen LogP contribution in [0.1, 0.15) is 34.9 Å². The number of hydrogen-bond donors (Lipinski definition) is 1. The Morgan fingerprint density at radius 1 is 1.03 bits per heavy atom. The van der Waals surface area contributed by atoms with Crippen molar-refractivity contribution in [2.24, 2.45) is 0 Å². The third-order valence-electron chi connectivity index (χ3n) is 5.84. The Morgan fingerprint density at radius 3 is 2.52 bits per heavy atom. The molecule has 4 aromatic rings. The second-order valence-corrected chi connectivity index (χ2v) is 8.98. The molecule has 0 spiro atoms. The first-order valence-electron chi connectivity index (χ1n) is 10.9. The number of rotatable bonds is 5. The number of nitrogens with zero attached hydrogens (tertiary/aromatic N) is 2. The van der Waals surface area contributed by atoms with E-state index in [1.807, 2.05) is 30.3 Å². The van der Waals surface area contributed by atoms with Crippen LogP contribution in [0.4, 0.5) is 5.95 Å². The summed E-state index contributed by atoms with van der Waals surface area (Å²) in [5.41, 5.74) is 1.94. The van der Waals surface area contributed by atoms with E-state index >= 15 is 0 Å². The van der Waals surface area contributed by atoms with Gasteiger partial charge in [-0.25, -0.2) is 4.98 Å². The number of hydrogen-bond acceptors (Lipinski definition) is 4. The van der Waals surface area contributed by atoms with E-state index in [1.54, 1.807) is 36.4 Å². The Hall–Kier alpha value is -3.29. The van der Waals surface area contributed by atoms with Gasteiger partial charge < -0.3 is 4.74 Å². The number of halogens is 1. The zero-order valence-corrected chi connectivity index (χ0v) is 19.4. The number of aromatic nitrogens is 2. The molecule has 2 heterocycles. The van der Waals surface area contributed by atoms with Crippen LogP contribution in [0.5, 0.6) is 0 Å². The van der Waals surface area contributed by atoms with Crippen LogP contribution in [0, 0.1) is 0 Å². The van der Waals surface area contributed by atoms with Crippen LogP contribution in [0.3, 0.4) is 0 Å². The summed E-state index contributed by atoms with van der Waals surface area (Å²) in [6.07, 6.45) is 1.54. The average Bonchev–Trinajstić information content (AvgIpc) is 3.31. The normalized spacial score (nSPS) is 17.8. The number of benzene rings is 3. The van der Waals surface area contributed by atoms with Gasteiger partial charge in [0.15, 0.2) is 0 Å². The van der Waals surface area contributed by atoms with E-state index in [0.717, 1.165) is 22.9 Å². The number of carbonyl (C=O) groups excluding carboxylic acids is 1. The minimum absolute atomic E-state index is 0.00127. The lowest BCUT2D eigenvalue weighted by molar-refractivity contribution is 0.0347. The van der Waals surface area contributed by atoms with Crippen molar-refractivity contribution in [2.45, 2.75) is 31.6 Å². The van der Waals surface area contributed by atoms with Crippen molar-refractivity contribution in [1.82, 2.24) is 9.55 Å². The molecule has 0 aliphatic carbocycles. The van der Waals surface area contributed by atoms with E-state index in [4.69, 9.17) is 4.74 Å². The smallest absolute Gasteiger partial charge is 0.262 e. The molecule has 2 atom stereocenters. The maximum atomic E-state index is 13.4. The highest BCUT2D eigenvalue weighted by Gasteiger charge is 2.28. The van der Waals surface area contributed by atoms with Crippen LogP contribution in [0.2, 0.25) is 0 Å². The van der Waals surface area contributed by atoms with Gasteiger partial charge in [0.05, 0.1) is 29.7 Å². The first-order valence-corrected chi connectivity index (χ1v) is 11.6. The molecule has 1 amide bonds. The van der Waals surface area contributed by atoms with Crippen molar-refractivity contribution in [3.8, 4) is 0 Å². The number of ether oxygens (including phenoxy) is 1. The third-order valence-corrected chi connectivity index (χ3v) is 6.34. The fourth-order valence-electron chi connectivity index (χ4n) is 4.18. The molecule has 3 aromatic carbocycles. The summed E-state index contributed by atoms with van der Waals surface area (Å²) in [4.78, 5) is 30.9. The molecule has 6 nitrogen and oxygen atoms in total. The zero-order valence-electron chi connectivity index (χ0n) is 17.8. The number of nitrogens with one attached hydrogen (secondary N) is 1. The molecule has 7 heteroatoms. The number of amides is 1. The molecule has 1 aromatic heterocycles. The summed E-state index contributed by atoms with van der Waals surface area (Å²) in [6.45, 7) is 0.311. The maximum Gasteiger partial charge on any atom is 0.262 e. The average molecular weight is 504 g/mol. The molecule has 0 bridgehead atoms. The fourth-order valence-corrected chi connectivity index (χ4v) is 4.53. The first kappa shape index (κ1) is 21.6. The van der Waals surface area contributed by atoms with Crippen molar-refractivity contribution in [1.29, 1.82) is 0 Å². The lowest BCUT2D eigenvalue weighted by atomic mass is 10.1. The Bertz CT molecular complexity index is 1360. The van der Waals surface area contributed by atoms with Crippen molar-refractivity contribution in [2.75, 3.05) is 5.32 Å². The minimum atomic E-state index is -0.319. The predicted molar refractivity (Wildman–Crippen MR) is 131 cm³/mol. The van der Waals surface area contributed by atoms with Crippen LogP contribution in [-0.4, -0.2) is 21.6 Å². The molecule has 1 N–H and O–H groups in total. The summed E-state index contributed by atoms with van der Waals surface area (Å²) in [7, 11) is 0. The number of fused-ring (bicyclic) bond motifs is 1. The van der Waals surface area contributed by atoms with E-state index in [0.29, 0.717) is 23.0 Å². The zero-order chi connectivity index (χ0) is 22.8. The van der Waals surface area contributed by atoms with Crippen molar-refractivity contribution in [3.63, 3.8) is 0 Å². The van der Waals surface area contributed by atoms with Gasteiger partial charge in [-0.15, -0.1) is 0 Å². The Balaban J connectivity index is 1.48. The van der Waals surface area contributed by atoms with Crippen LogP contribution in [0.15, 0.2) is 88.1 Å². The van der Waals surface area contributed by atoms with E-state index in [-0.39, 0.29) is 29.6 Å². The van der Waals surface area contributed by atoms with Gasteiger partial charge in [-0.2, -0.15) is 0 Å². The molecule has 1 fully saturated rings. The van der Waals surface area contributed by atoms with Crippen LogP contribution >= 0.6 is 15.9 Å². The number of anilines is 1. The van der Waals surface area contributed by atoms with Crippen LogP contribution in [0.25, 0.3) is 10.9 Å². The second kappa shape index (κ2) is 9.29. The molecular formula is C26H22BrN3O3. The standard InChI is InChI=1S/C26H22BrN3O3/c27-19-11-13-21-22(15-19)28-26(29-24(31)18-9-5-2-6-10-18)30(25(21)32)16-20-12-14-23(33-20)17-7-3-1-4-8-17/h1-11,13,15,20,23H,12,14,16H2,(H,28,29,31). The summed E-state index contributed by atoms with van der Waals surface area (Å²) < 4.78 is 8.61. The van der Waals surface area contributed by atoms with Gasteiger partial charge in [-0.05, 0) is 48.7 Å². The first-order chi connectivity index (χ1) is 16.1. The van der Waals surface area contributed by atoms with E-state index < -0.39 is 0 Å². The van der Waals surface area contributed by atoms with Crippen LogP contribution in [-0.2, 0) is 11.3 Å². The molecule has 1 saturated heterocycles. The quantitative estimate of drug-likeness (QED) is 0.399. The lowest BCUT2D eigenvalue weighted by Gasteiger charge is -2.18. The Kier molecular flexibility index (Phi) is 6.07. The topological polar surface area (TPSA) is 73.2 Å². The van der Waals surface area contributed by atoms with E-state index in [2.05, 4.69) is 38.4 Å². The van der Waals surface area contributed by atoms with Crippen molar-refractivity contribution in [3.05, 3.63) is 105 Å². The highest BCUT2D eigenvalue weighted by Crippen LogP contribution is 2.33. The molecule has 5 rings (SSSR count). The summed E-state index contributed by atoms with van der Waals surface area (Å²) in [6, 6.07) is 24.3. The maximum absolute atomic E-state index is 13.4. The van der Waals surface area contributed by atoms with Crippen LogP contribution < -0.4 is 10.9 Å². The molecule has 0 radical (unpaired) electrons. The molecule has 1 aliphatic heterocycles.